The Hall–Kier alpha value is -1.58. The molecule has 0 bridgehead atoms. The van der Waals surface area contributed by atoms with E-state index in [2.05, 4.69) is 24.1 Å². The molecule has 1 aromatic carbocycles. The number of hydrogen-bond acceptors (Lipinski definition) is 3. The highest BCUT2D eigenvalue weighted by molar-refractivity contribution is 6.30. The number of benzene rings is 1. The molecule has 0 radical (unpaired) electrons. The molecule has 0 aliphatic heterocycles. The van der Waals surface area contributed by atoms with E-state index >= 15 is 0 Å². The highest BCUT2D eigenvalue weighted by Crippen LogP contribution is 2.23. The van der Waals surface area contributed by atoms with E-state index in [0.717, 1.165) is 30.2 Å². The van der Waals surface area contributed by atoms with E-state index in [1.807, 2.05) is 24.3 Å². The number of nitrogens with zero attached hydrogens (tertiary/aromatic N) is 1. The second-order valence-electron chi connectivity index (χ2n) is 4.65. The van der Waals surface area contributed by atoms with Crippen molar-refractivity contribution in [2.75, 3.05) is 6.54 Å². The van der Waals surface area contributed by atoms with Crippen LogP contribution in [0.5, 0.6) is 11.5 Å². The normalized spacial score (nSPS) is 12.2. The SMILES string of the molecule is CCCNC(C)c1ccc(Oc2ccc(Cl)cc2)cn1. The molecule has 3 nitrogen and oxygen atoms in total. The van der Waals surface area contributed by atoms with Crippen LogP contribution in [-0.2, 0) is 0 Å². The van der Waals surface area contributed by atoms with E-state index in [4.69, 9.17) is 16.3 Å². The lowest BCUT2D eigenvalue weighted by atomic mass is 10.2. The molecular weight excluding hydrogens is 272 g/mol. The number of pyridine rings is 1. The van der Waals surface area contributed by atoms with Crippen molar-refractivity contribution in [1.82, 2.24) is 10.3 Å². The summed E-state index contributed by atoms with van der Waals surface area (Å²) in [5.74, 6) is 1.47. The smallest absolute Gasteiger partial charge is 0.145 e. The van der Waals surface area contributed by atoms with Crippen molar-refractivity contribution in [3.63, 3.8) is 0 Å². The largest absolute Gasteiger partial charge is 0.456 e. The zero-order chi connectivity index (χ0) is 14.4. The minimum atomic E-state index is 0.250. The van der Waals surface area contributed by atoms with Gasteiger partial charge < -0.3 is 10.1 Å². The van der Waals surface area contributed by atoms with Gasteiger partial charge in [0.1, 0.15) is 11.5 Å². The molecule has 106 valence electrons. The van der Waals surface area contributed by atoms with Crippen LogP contribution in [0.25, 0.3) is 0 Å². The van der Waals surface area contributed by atoms with Gasteiger partial charge in [-0.05, 0) is 56.3 Å². The average molecular weight is 291 g/mol. The first-order valence-electron chi connectivity index (χ1n) is 6.82. The van der Waals surface area contributed by atoms with Gasteiger partial charge in [-0.1, -0.05) is 18.5 Å². The summed E-state index contributed by atoms with van der Waals surface area (Å²) in [5, 5.41) is 4.10. The average Bonchev–Trinajstić information content (AvgIpc) is 2.48. The fourth-order valence-corrected chi connectivity index (χ4v) is 1.94. The van der Waals surface area contributed by atoms with Gasteiger partial charge in [0.25, 0.3) is 0 Å². The fourth-order valence-electron chi connectivity index (χ4n) is 1.81. The highest BCUT2D eigenvalue weighted by Gasteiger charge is 2.06. The molecule has 1 atom stereocenters. The summed E-state index contributed by atoms with van der Waals surface area (Å²) in [6, 6.07) is 11.4. The first-order valence-corrected chi connectivity index (χ1v) is 7.19. The molecule has 0 aliphatic rings. The molecule has 1 aromatic heterocycles. The van der Waals surface area contributed by atoms with Gasteiger partial charge in [0.15, 0.2) is 0 Å². The lowest BCUT2D eigenvalue weighted by molar-refractivity contribution is 0.478. The summed E-state index contributed by atoms with van der Waals surface area (Å²) in [6.07, 6.45) is 2.86. The van der Waals surface area contributed by atoms with Crippen molar-refractivity contribution in [1.29, 1.82) is 0 Å². The molecule has 1 N–H and O–H groups in total. The van der Waals surface area contributed by atoms with E-state index in [0.29, 0.717) is 5.02 Å². The summed E-state index contributed by atoms with van der Waals surface area (Å²) in [4.78, 5) is 4.43. The van der Waals surface area contributed by atoms with Crippen LogP contribution in [-0.4, -0.2) is 11.5 Å². The molecular formula is C16H19ClN2O. The van der Waals surface area contributed by atoms with E-state index in [1.54, 1.807) is 18.3 Å². The van der Waals surface area contributed by atoms with Gasteiger partial charge in [-0.2, -0.15) is 0 Å². The third-order valence-electron chi connectivity index (χ3n) is 2.95. The minimum absolute atomic E-state index is 0.250. The zero-order valence-corrected chi connectivity index (χ0v) is 12.5. The molecule has 0 spiro atoms. The molecule has 0 aliphatic carbocycles. The molecule has 0 fully saturated rings. The van der Waals surface area contributed by atoms with E-state index < -0.39 is 0 Å². The van der Waals surface area contributed by atoms with Crippen LogP contribution in [0, 0.1) is 0 Å². The molecule has 1 unspecified atom stereocenters. The topological polar surface area (TPSA) is 34.1 Å². The predicted octanol–water partition coefficient (Wildman–Crippen LogP) is 4.59. The third kappa shape index (κ3) is 4.22. The van der Waals surface area contributed by atoms with Gasteiger partial charge >= 0.3 is 0 Å². The summed E-state index contributed by atoms with van der Waals surface area (Å²) in [7, 11) is 0. The maximum absolute atomic E-state index is 5.84. The van der Waals surface area contributed by atoms with Gasteiger partial charge in [-0.3, -0.25) is 4.98 Å². The van der Waals surface area contributed by atoms with Gasteiger partial charge in [0, 0.05) is 11.1 Å². The van der Waals surface area contributed by atoms with E-state index in [9.17, 15) is 0 Å². The molecule has 0 amide bonds. The molecule has 2 aromatic rings. The van der Waals surface area contributed by atoms with Crippen LogP contribution in [0.2, 0.25) is 5.02 Å². The number of rotatable bonds is 6. The number of halogens is 1. The van der Waals surface area contributed by atoms with Gasteiger partial charge in [-0.15, -0.1) is 0 Å². The van der Waals surface area contributed by atoms with Gasteiger partial charge in [0.2, 0.25) is 0 Å². The number of ether oxygens (including phenoxy) is 1. The van der Waals surface area contributed by atoms with Crippen LogP contribution in [0.15, 0.2) is 42.6 Å². The quantitative estimate of drug-likeness (QED) is 0.845. The zero-order valence-electron chi connectivity index (χ0n) is 11.8. The predicted molar refractivity (Wildman–Crippen MR) is 82.5 cm³/mol. The Balaban J connectivity index is 1.99. The van der Waals surface area contributed by atoms with Crippen LogP contribution in [0.3, 0.4) is 0 Å². The Morgan fingerprint density at radius 2 is 1.85 bits per heavy atom. The Morgan fingerprint density at radius 1 is 1.15 bits per heavy atom. The second kappa shape index (κ2) is 7.27. The molecule has 20 heavy (non-hydrogen) atoms. The van der Waals surface area contributed by atoms with Crippen molar-refractivity contribution < 1.29 is 4.74 Å². The Bertz CT molecular complexity index is 525. The monoisotopic (exact) mass is 290 g/mol. The van der Waals surface area contributed by atoms with Crippen LogP contribution < -0.4 is 10.1 Å². The van der Waals surface area contributed by atoms with E-state index in [-0.39, 0.29) is 6.04 Å². The van der Waals surface area contributed by atoms with Crippen LogP contribution >= 0.6 is 11.6 Å². The first kappa shape index (κ1) is 14.8. The second-order valence-corrected chi connectivity index (χ2v) is 5.09. The van der Waals surface area contributed by atoms with E-state index in [1.165, 1.54) is 0 Å². The molecule has 0 saturated heterocycles. The van der Waals surface area contributed by atoms with Crippen molar-refractivity contribution in [3.05, 3.63) is 53.3 Å². The van der Waals surface area contributed by atoms with Crippen molar-refractivity contribution >= 4 is 11.6 Å². The fraction of sp³-hybridized carbons (Fsp3) is 0.312. The third-order valence-corrected chi connectivity index (χ3v) is 3.20. The summed E-state index contributed by atoms with van der Waals surface area (Å²) in [6.45, 7) is 5.25. The summed E-state index contributed by atoms with van der Waals surface area (Å²) in [5.41, 5.74) is 1.02. The highest BCUT2D eigenvalue weighted by atomic mass is 35.5. The van der Waals surface area contributed by atoms with Crippen LogP contribution in [0.1, 0.15) is 32.0 Å². The van der Waals surface area contributed by atoms with Crippen molar-refractivity contribution in [3.8, 4) is 11.5 Å². The number of aromatic nitrogens is 1. The van der Waals surface area contributed by atoms with Crippen molar-refractivity contribution in [2.45, 2.75) is 26.3 Å². The van der Waals surface area contributed by atoms with Gasteiger partial charge in [0.05, 0.1) is 11.9 Å². The van der Waals surface area contributed by atoms with Crippen molar-refractivity contribution in [2.24, 2.45) is 0 Å². The maximum Gasteiger partial charge on any atom is 0.145 e. The summed E-state index contributed by atoms with van der Waals surface area (Å²) < 4.78 is 5.71. The Labute approximate surface area is 124 Å². The first-order chi connectivity index (χ1) is 9.69. The Kier molecular flexibility index (Phi) is 5.39. The minimum Gasteiger partial charge on any atom is -0.456 e. The lowest BCUT2D eigenvalue weighted by Crippen LogP contribution is -2.20. The standard InChI is InChI=1S/C16H19ClN2O/c1-3-10-18-12(2)16-9-8-15(11-19-16)20-14-6-4-13(17)5-7-14/h4-9,11-12,18H,3,10H2,1-2H3. The maximum atomic E-state index is 5.84. The molecule has 2 rings (SSSR count). The number of hydrogen-bond donors (Lipinski definition) is 1. The molecule has 1 heterocycles. The number of nitrogens with one attached hydrogen (secondary N) is 1. The van der Waals surface area contributed by atoms with Gasteiger partial charge in [-0.25, -0.2) is 0 Å². The molecule has 0 saturated carbocycles. The Morgan fingerprint density at radius 3 is 2.45 bits per heavy atom. The summed E-state index contributed by atoms with van der Waals surface area (Å²) >= 11 is 5.84. The molecule has 4 heteroatoms. The van der Waals surface area contributed by atoms with Crippen LogP contribution in [0.4, 0.5) is 0 Å². The lowest BCUT2D eigenvalue weighted by Gasteiger charge is -2.13.